The monoisotopic (exact) mass is 456 g/mol. The molecule has 0 aliphatic carbocycles. The maximum absolute atomic E-state index is 12.9. The number of carbonyl (C=O) groups is 3. The van der Waals surface area contributed by atoms with E-state index in [1.54, 1.807) is 4.90 Å². The predicted molar refractivity (Wildman–Crippen MR) is 121 cm³/mol. The van der Waals surface area contributed by atoms with Crippen molar-refractivity contribution in [2.75, 3.05) is 39.3 Å². The summed E-state index contributed by atoms with van der Waals surface area (Å²) < 4.78 is 21.0. The highest BCUT2D eigenvalue weighted by molar-refractivity contribution is 5.99. The molecule has 2 aromatic carbocycles. The molecule has 0 radical (unpaired) electrons. The van der Waals surface area contributed by atoms with Crippen LogP contribution in [0.4, 0.5) is 5.69 Å². The van der Waals surface area contributed by atoms with E-state index in [0.717, 1.165) is 24.1 Å². The fourth-order valence-electron chi connectivity index (χ4n) is 3.74. The topological polar surface area (TPSA) is 103 Å². The quantitative estimate of drug-likeness (QED) is 0.608. The van der Waals surface area contributed by atoms with Gasteiger partial charge in [-0.25, -0.2) is 0 Å². The van der Waals surface area contributed by atoms with Gasteiger partial charge in [0.1, 0.15) is 6.54 Å². The highest BCUT2D eigenvalue weighted by Crippen LogP contribution is 2.38. The van der Waals surface area contributed by atoms with Gasteiger partial charge in [-0.3, -0.25) is 14.4 Å². The number of benzene rings is 2. The minimum atomic E-state index is -0.985. The molecule has 0 bridgehead atoms. The van der Waals surface area contributed by atoms with Crippen LogP contribution in [0.25, 0.3) is 0 Å². The van der Waals surface area contributed by atoms with Crippen molar-refractivity contribution in [1.29, 1.82) is 0 Å². The van der Waals surface area contributed by atoms with E-state index >= 15 is 0 Å². The lowest BCUT2D eigenvalue weighted by Crippen LogP contribution is -2.43. The first-order chi connectivity index (χ1) is 15.9. The van der Waals surface area contributed by atoms with E-state index in [9.17, 15) is 14.4 Å². The van der Waals surface area contributed by atoms with E-state index in [0.29, 0.717) is 23.8 Å². The summed E-state index contributed by atoms with van der Waals surface area (Å²) in [6.07, 6.45) is 0.761. The molecule has 0 aromatic heterocycles. The highest BCUT2D eigenvalue weighted by atomic mass is 16.5. The fraction of sp³-hybridized carbons (Fsp3) is 0.375. The summed E-state index contributed by atoms with van der Waals surface area (Å²) in [5.41, 5.74) is 2.15. The molecule has 1 aliphatic rings. The molecular formula is C24H28N2O7. The van der Waals surface area contributed by atoms with E-state index in [2.05, 4.69) is 5.32 Å². The molecule has 33 heavy (non-hydrogen) atoms. The molecule has 9 nitrogen and oxygen atoms in total. The number of aryl methyl sites for hydroxylation is 1. The number of nitrogens with zero attached hydrogens (tertiary/aromatic N) is 1. The lowest BCUT2D eigenvalue weighted by Gasteiger charge is -2.31. The second-order valence-electron chi connectivity index (χ2n) is 7.45. The van der Waals surface area contributed by atoms with Crippen molar-refractivity contribution in [3.8, 4) is 17.2 Å². The molecule has 1 unspecified atom stereocenters. The zero-order valence-electron chi connectivity index (χ0n) is 19.2. The number of carbonyl (C=O) groups excluding carboxylic acids is 3. The molecule has 1 N–H and O–H groups in total. The van der Waals surface area contributed by atoms with Crippen LogP contribution in [0.2, 0.25) is 0 Å². The van der Waals surface area contributed by atoms with Crippen LogP contribution in [0, 0.1) is 0 Å². The van der Waals surface area contributed by atoms with Crippen LogP contribution in [0.5, 0.6) is 17.2 Å². The number of methoxy groups -OCH3 is 3. The Labute approximate surface area is 192 Å². The van der Waals surface area contributed by atoms with Gasteiger partial charge in [-0.2, -0.15) is 0 Å². The number of rotatable bonds is 8. The number of hydrogen-bond acceptors (Lipinski definition) is 7. The molecule has 9 heteroatoms. The molecule has 0 saturated heterocycles. The molecular weight excluding hydrogens is 428 g/mol. The van der Waals surface area contributed by atoms with Gasteiger partial charge >= 0.3 is 5.97 Å². The van der Waals surface area contributed by atoms with Gasteiger partial charge in [0, 0.05) is 17.8 Å². The lowest BCUT2D eigenvalue weighted by atomic mass is 10.0. The standard InChI is InChI=1S/C24H28N2O7/c1-15(24(29)26-11-7-9-16-8-5-6-10-18(16)26)33-21(27)14-25-23(28)17-12-19(30-2)22(32-4)20(13-17)31-3/h5-6,8,10,12-13,15H,7,9,11,14H2,1-4H3,(H,25,28). The average molecular weight is 456 g/mol. The third kappa shape index (κ3) is 5.36. The van der Waals surface area contributed by atoms with Gasteiger partial charge in [0.15, 0.2) is 17.6 Å². The average Bonchev–Trinajstić information content (AvgIpc) is 2.85. The van der Waals surface area contributed by atoms with Crippen LogP contribution >= 0.6 is 0 Å². The van der Waals surface area contributed by atoms with E-state index in [1.807, 2.05) is 24.3 Å². The Morgan fingerprint density at radius 2 is 1.70 bits per heavy atom. The van der Waals surface area contributed by atoms with E-state index in [1.165, 1.54) is 40.4 Å². The van der Waals surface area contributed by atoms with E-state index in [4.69, 9.17) is 18.9 Å². The molecule has 2 amide bonds. The lowest BCUT2D eigenvalue weighted by molar-refractivity contribution is -0.152. The van der Waals surface area contributed by atoms with Gasteiger partial charge in [-0.05, 0) is 43.5 Å². The van der Waals surface area contributed by atoms with E-state index in [-0.39, 0.29) is 11.5 Å². The highest BCUT2D eigenvalue weighted by Gasteiger charge is 2.28. The summed E-state index contributed by atoms with van der Waals surface area (Å²) in [6, 6.07) is 10.6. The minimum absolute atomic E-state index is 0.214. The van der Waals surface area contributed by atoms with Gasteiger partial charge in [0.2, 0.25) is 5.75 Å². The van der Waals surface area contributed by atoms with Gasteiger partial charge in [0.05, 0.1) is 21.3 Å². The van der Waals surface area contributed by atoms with Crippen molar-refractivity contribution in [2.45, 2.75) is 25.9 Å². The number of anilines is 1. The molecule has 2 aromatic rings. The summed E-state index contributed by atoms with van der Waals surface area (Å²) >= 11 is 0. The second kappa shape index (κ2) is 10.7. The molecule has 1 aliphatic heterocycles. The number of fused-ring (bicyclic) bond motifs is 1. The van der Waals surface area contributed by atoms with Crippen LogP contribution < -0.4 is 24.4 Å². The molecule has 1 heterocycles. The van der Waals surface area contributed by atoms with Crippen LogP contribution in [0.3, 0.4) is 0 Å². The molecule has 1 atom stereocenters. The van der Waals surface area contributed by atoms with Gasteiger partial charge in [-0.15, -0.1) is 0 Å². The summed E-state index contributed by atoms with van der Waals surface area (Å²) in [7, 11) is 4.34. The normalized spacial score (nSPS) is 13.4. The zero-order valence-corrected chi connectivity index (χ0v) is 19.2. The number of amides is 2. The predicted octanol–water partition coefficient (Wildman–Crippen LogP) is 2.35. The summed E-state index contributed by atoms with van der Waals surface area (Å²) in [5.74, 6) is -0.581. The number of para-hydroxylation sites is 1. The Bertz CT molecular complexity index is 1010. The number of hydrogen-bond donors (Lipinski definition) is 1. The number of ether oxygens (including phenoxy) is 4. The molecule has 176 valence electrons. The van der Waals surface area contributed by atoms with Gasteiger partial charge in [-0.1, -0.05) is 18.2 Å². The van der Waals surface area contributed by atoms with Crippen LogP contribution in [-0.2, 0) is 20.7 Å². The van der Waals surface area contributed by atoms with Crippen molar-refractivity contribution in [1.82, 2.24) is 5.32 Å². The Kier molecular flexibility index (Phi) is 7.76. The first-order valence-corrected chi connectivity index (χ1v) is 10.6. The van der Waals surface area contributed by atoms with E-state index < -0.39 is 24.5 Å². The van der Waals surface area contributed by atoms with Crippen molar-refractivity contribution in [3.05, 3.63) is 47.5 Å². The van der Waals surface area contributed by atoms with Crippen LogP contribution in [-0.4, -0.2) is 58.3 Å². The zero-order chi connectivity index (χ0) is 24.0. The third-order valence-corrected chi connectivity index (χ3v) is 5.35. The smallest absolute Gasteiger partial charge is 0.326 e. The molecule has 0 saturated carbocycles. The molecule has 0 spiro atoms. The first-order valence-electron chi connectivity index (χ1n) is 10.6. The Morgan fingerprint density at radius 3 is 2.33 bits per heavy atom. The Hall–Kier alpha value is -3.75. The van der Waals surface area contributed by atoms with Crippen molar-refractivity contribution in [3.63, 3.8) is 0 Å². The number of nitrogens with one attached hydrogen (secondary N) is 1. The Morgan fingerprint density at radius 1 is 1.03 bits per heavy atom. The van der Waals surface area contributed by atoms with Gasteiger partial charge in [0.25, 0.3) is 11.8 Å². The van der Waals surface area contributed by atoms with Crippen molar-refractivity contribution < 1.29 is 33.3 Å². The summed E-state index contributed by atoms with van der Waals surface area (Å²) in [6.45, 7) is 1.69. The maximum atomic E-state index is 12.9. The SMILES string of the molecule is COc1cc(C(=O)NCC(=O)OC(C)C(=O)N2CCCc3ccccc32)cc(OC)c1OC. The van der Waals surface area contributed by atoms with Crippen molar-refractivity contribution >= 4 is 23.5 Å². The Balaban J connectivity index is 1.59. The number of esters is 1. The third-order valence-electron chi connectivity index (χ3n) is 5.35. The largest absolute Gasteiger partial charge is 0.493 e. The summed E-state index contributed by atoms with van der Waals surface area (Å²) in [5, 5.41) is 2.49. The summed E-state index contributed by atoms with van der Waals surface area (Å²) in [4.78, 5) is 39.4. The molecule has 3 rings (SSSR count). The first kappa shape index (κ1) is 23.9. The van der Waals surface area contributed by atoms with Crippen LogP contribution in [0.15, 0.2) is 36.4 Å². The molecule has 0 fully saturated rings. The van der Waals surface area contributed by atoms with Gasteiger partial charge < -0.3 is 29.2 Å². The second-order valence-corrected chi connectivity index (χ2v) is 7.45. The van der Waals surface area contributed by atoms with Crippen LogP contribution in [0.1, 0.15) is 29.3 Å². The maximum Gasteiger partial charge on any atom is 0.326 e. The minimum Gasteiger partial charge on any atom is -0.493 e. The van der Waals surface area contributed by atoms with Crippen molar-refractivity contribution in [2.24, 2.45) is 0 Å². The fourth-order valence-corrected chi connectivity index (χ4v) is 3.74.